The van der Waals surface area contributed by atoms with Gasteiger partial charge in [0, 0.05) is 50.4 Å². The summed E-state index contributed by atoms with van der Waals surface area (Å²) >= 11 is 5.73. The van der Waals surface area contributed by atoms with Gasteiger partial charge in [0.05, 0.1) is 6.33 Å². The zero-order valence-electron chi connectivity index (χ0n) is 13.0. The Morgan fingerprint density at radius 2 is 2.35 bits per heavy atom. The van der Waals surface area contributed by atoms with Crippen LogP contribution >= 0.6 is 11.6 Å². The zero-order chi connectivity index (χ0) is 16.1. The van der Waals surface area contributed by atoms with Gasteiger partial charge in [0.1, 0.15) is 5.76 Å². The van der Waals surface area contributed by atoms with Gasteiger partial charge in [0.15, 0.2) is 5.15 Å². The highest BCUT2D eigenvalue weighted by molar-refractivity contribution is 6.29. The van der Waals surface area contributed by atoms with Gasteiger partial charge in [-0.25, -0.2) is 4.98 Å². The number of aryl methyl sites for hydroxylation is 2. The van der Waals surface area contributed by atoms with Gasteiger partial charge in [-0.2, -0.15) is 0 Å². The van der Waals surface area contributed by atoms with Gasteiger partial charge in [-0.05, 0) is 25.7 Å². The number of imidazole rings is 1. The minimum Gasteiger partial charge on any atom is -0.360 e. The molecule has 1 aliphatic heterocycles. The second-order valence-corrected chi connectivity index (χ2v) is 6.33. The average molecular weight is 337 g/mol. The maximum atomic E-state index is 12.6. The highest BCUT2D eigenvalue weighted by atomic mass is 35.5. The van der Waals surface area contributed by atoms with Crippen LogP contribution in [0.15, 0.2) is 29.3 Å². The molecule has 124 valence electrons. The van der Waals surface area contributed by atoms with Crippen molar-refractivity contribution in [2.45, 2.75) is 51.1 Å². The van der Waals surface area contributed by atoms with E-state index in [1.54, 1.807) is 12.3 Å². The van der Waals surface area contributed by atoms with Crippen LogP contribution in [0.3, 0.4) is 0 Å². The van der Waals surface area contributed by atoms with Crippen molar-refractivity contribution in [3.05, 3.63) is 35.7 Å². The van der Waals surface area contributed by atoms with E-state index in [0.717, 1.165) is 32.4 Å². The summed E-state index contributed by atoms with van der Waals surface area (Å²) in [6, 6.07) is 1.98. The summed E-state index contributed by atoms with van der Waals surface area (Å²) in [4.78, 5) is 18.7. The number of halogens is 1. The largest absolute Gasteiger partial charge is 0.360 e. The molecule has 1 saturated heterocycles. The van der Waals surface area contributed by atoms with Crippen LogP contribution in [0, 0.1) is 0 Å². The smallest absolute Gasteiger partial charge is 0.223 e. The number of carbonyl (C=O) groups excluding carboxylic acids is 1. The first-order chi connectivity index (χ1) is 11.2. The van der Waals surface area contributed by atoms with E-state index in [1.165, 1.54) is 6.42 Å². The predicted molar refractivity (Wildman–Crippen MR) is 86.0 cm³/mol. The molecule has 2 aromatic heterocycles. The van der Waals surface area contributed by atoms with Gasteiger partial charge in [0.25, 0.3) is 0 Å². The Kier molecular flexibility index (Phi) is 5.33. The number of amides is 1. The first kappa shape index (κ1) is 16.1. The molecule has 1 atom stereocenters. The Morgan fingerprint density at radius 1 is 1.43 bits per heavy atom. The third-order valence-corrected chi connectivity index (χ3v) is 4.52. The maximum absolute atomic E-state index is 12.6. The molecule has 1 amide bonds. The average Bonchev–Trinajstić information content (AvgIpc) is 3.22. The molecule has 6 nitrogen and oxygen atoms in total. The van der Waals surface area contributed by atoms with E-state index in [9.17, 15) is 4.79 Å². The van der Waals surface area contributed by atoms with Gasteiger partial charge >= 0.3 is 0 Å². The minimum atomic E-state index is 0.188. The number of likely N-dealkylation sites (tertiary alicyclic amines) is 1. The minimum absolute atomic E-state index is 0.188. The molecule has 0 spiro atoms. The summed E-state index contributed by atoms with van der Waals surface area (Å²) < 4.78 is 7.13. The number of hydrogen-bond acceptors (Lipinski definition) is 4. The molecule has 3 heterocycles. The molecule has 0 aliphatic carbocycles. The molecule has 0 radical (unpaired) electrons. The van der Waals surface area contributed by atoms with Crippen LogP contribution in [0.4, 0.5) is 0 Å². The second kappa shape index (κ2) is 7.64. The van der Waals surface area contributed by atoms with Crippen molar-refractivity contribution in [3.8, 4) is 0 Å². The topological polar surface area (TPSA) is 64.2 Å². The molecule has 3 rings (SSSR count). The molecular formula is C16H21ClN4O2. The van der Waals surface area contributed by atoms with E-state index in [4.69, 9.17) is 16.1 Å². The van der Waals surface area contributed by atoms with Crippen molar-refractivity contribution in [1.82, 2.24) is 19.6 Å². The lowest BCUT2D eigenvalue weighted by Gasteiger charge is -2.36. The number of hydrogen-bond donors (Lipinski definition) is 0. The normalized spacial score (nSPS) is 18.3. The highest BCUT2D eigenvalue weighted by Gasteiger charge is 2.26. The number of piperidine rings is 1. The zero-order valence-corrected chi connectivity index (χ0v) is 13.8. The van der Waals surface area contributed by atoms with E-state index in [-0.39, 0.29) is 5.91 Å². The van der Waals surface area contributed by atoms with Gasteiger partial charge in [-0.1, -0.05) is 16.8 Å². The van der Waals surface area contributed by atoms with E-state index in [1.807, 2.05) is 17.4 Å². The summed E-state index contributed by atoms with van der Waals surface area (Å²) in [6.07, 6.45) is 10.9. The lowest BCUT2D eigenvalue weighted by molar-refractivity contribution is -0.135. The fourth-order valence-corrected chi connectivity index (χ4v) is 3.28. The Morgan fingerprint density at radius 3 is 3.09 bits per heavy atom. The lowest BCUT2D eigenvalue weighted by Crippen LogP contribution is -2.44. The van der Waals surface area contributed by atoms with Crippen LogP contribution in [0.1, 0.15) is 37.9 Å². The molecule has 0 bridgehead atoms. The van der Waals surface area contributed by atoms with Gasteiger partial charge in [-0.3, -0.25) is 4.79 Å². The summed E-state index contributed by atoms with van der Waals surface area (Å²) in [5, 5.41) is 3.97. The summed E-state index contributed by atoms with van der Waals surface area (Å²) in [5.74, 6) is 0.850. The molecule has 1 fully saturated rings. The van der Waals surface area contributed by atoms with E-state index in [2.05, 4.69) is 14.7 Å². The predicted octanol–water partition coefficient (Wildman–Crippen LogP) is 2.93. The molecule has 7 heteroatoms. The van der Waals surface area contributed by atoms with Crippen molar-refractivity contribution < 1.29 is 9.32 Å². The number of nitrogens with zero attached hydrogens (tertiary/aromatic N) is 4. The van der Waals surface area contributed by atoms with Gasteiger partial charge in [0.2, 0.25) is 5.91 Å². The monoisotopic (exact) mass is 336 g/mol. The summed E-state index contributed by atoms with van der Waals surface area (Å²) in [7, 11) is 0. The third-order valence-electron chi connectivity index (χ3n) is 4.34. The third kappa shape index (κ3) is 4.34. The van der Waals surface area contributed by atoms with Crippen LogP contribution in [0.2, 0.25) is 5.15 Å². The first-order valence-corrected chi connectivity index (χ1v) is 8.46. The van der Waals surface area contributed by atoms with Gasteiger partial charge in [-0.15, -0.1) is 0 Å². The number of rotatable bonds is 6. The Balaban J connectivity index is 1.53. The number of aromatic nitrogens is 3. The highest BCUT2D eigenvalue weighted by Crippen LogP contribution is 2.22. The first-order valence-electron chi connectivity index (χ1n) is 8.08. The lowest BCUT2D eigenvalue weighted by atomic mass is 9.98. The molecule has 1 aliphatic rings. The van der Waals surface area contributed by atoms with Gasteiger partial charge < -0.3 is 14.0 Å². The van der Waals surface area contributed by atoms with E-state index in [0.29, 0.717) is 29.8 Å². The molecule has 0 aromatic carbocycles. The fraction of sp³-hybridized carbons (Fsp3) is 0.562. The SMILES string of the molecule is O=C(CCc1cc(Cl)no1)N1CCCC[C@@H]1CCn1ccnc1. The molecule has 0 saturated carbocycles. The van der Waals surface area contributed by atoms with Crippen LogP contribution in [-0.2, 0) is 17.8 Å². The van der Waals surface area contributed by atoms with Crippen LogP contribution in [0.25, 0.3) is 0 Å². The quantitative estimate of drug-likeness (QED) is 0.813. The molecule has 23 heavy (non-hydrogen) atoms. The molecule has 0 N–H and O–H groups in total. The maximum Gasteiger partial charge on any atom is 0.223 e. The standard InChI is InChI=1S/C16H21ClN4O2/c17-15-11-14(23-19-15)4-5-16(22)21-8-2-1-3-13(21)6-9-20-10-7-18-12-20/h7,10-13H,1-6,8-9H2/t13-/m1/s1. The van der Waals surface area contributed by atoms with Crippen molar-refractivity contribution in [1.29, 1.82) is 0 Å². The molecule has 2 aromatic rings. The van der Waals surface area contributed by atoms with E-state index >= 15 is 0 Å². The van der Waals surface area contributed by atoms with Crippen molar-refractivity contribution in [2.75, 3.05) is 6.54 Å². The van der Waals surface area contributed by atoms with Crippen LogP contribution in [0.5, 0.6) is 0 Å². The summed E-state index contributed by atoms with van der Waals surface area (Å²) in [5.41, 5.74) is 0. The Hall–Kier alpha value is -1.82. The number of carbonyl (C=O) groups is 1. The van der Waals surface area contributed by atoms with Crippen molar-refractivity contribution in [3.63, 3.8) is 0 Å². The molecular weight excluding hydrogens is 316 g/mol. The molecule has 0 unspecified atom stereocenters. The van der Waals surface area contributed by atoms with Crippen LogP contribution < -0.4 is 0 Å². The Labute approximate surface area is 140 Å². The second-order valence-electron chi connectivity index (χ2n) is 5.94. The fourth-order valence-electron chi connectivity index (χ4n) is 3.13. The van der Waals surface area contributed by atoms with Crippen molar-refractivity contribution in [2.24, 2.45) is 0 Å². The Bertz CT molecular complexity index is 626. The summed E-state index contributed by atoms with van der Waals surface area (Å²) in [6.45, 7) is 1.75. The van der Waals surface area contributed by atoms with Crippen LogP contribution in [-0.4, -0.2) is 38.1 Å². The van der Waals surface area contributed by atoms with Crippen molar-refractivity contribution >= 4 is 17.5 Å². The van der Waals surface area contributed by atoms with E-state index < -0.39 is 0 Å².